The number of ketones is 1. The molecule has 0 fully saturated rings. The summed E-state index contributed by atoms with van der Waals surface area (Å²) in [5.74, 6) is 0.206. The smallest absolute Gasteiger partial charge is 0.333 e. The Morgan fingerprint density at radius 2 is 1.24 bits per heavy atom. The van der Waals surface area contributed by atoms with Gasteiger partial charge in [-0.15, -0.1) is 5.10 Å². The maximum absolute atomic E-state index is 12.0. The van der Waals surface area contributed by atoms with Gasteiger partial charge in [0.15, 0.2) is 0 Å². The molecule has 1 unspecified atom stereocenters. The molecule has 1 N–H and O–H groups in total. The maximum atomic E-state index is 12.0. The van der Waals surface area contributed by atoms with Crippen LogP contribution in [-0.2, 0) is 49.7 Å². The molecule has 0 saturated carbocycles. The Bertz CT molecular complexity index is 884. The first-order valence-electron chi connectivity index (χ1n) is 15.1. The summed E-state index contributed by atoms with van der Waals surface area (Å²) in [4.78, 5) is 21.8. The number of unbranched alkanes of at least 4 members (excludes halogenated alkanes) is 4. The summed E-state index contributed by atoms with van der Waals surface area (Å²) in [5, 5.41) is 7.45. The van der Waals surface area contributed by atoms with Crippen LogP contribution in [0.3, 0.4) is 0 Å². The predicted molar refractivity (Wildman–Crippen MR) is 161 cm³/mol. The molecular weight excluding hydrogens is 565 g/mol. The van der Waals surface area contributed by atoms with Crippen LogP contribution < -0.4 is 0 Å². The van der Waals surface area contributed by atoms with Gasteiger partial charge < -0.3 is 33.1 Å². The summed E-state index contributed by atoms with van der Waals surface area (Å²) in [6.45, 7) is 16.2. The van der Waals surface area contributed by atoms with E-state index in [1.807, 2.05) is 10.9 Å². The van der Waals surface area contributed by atoms with E-state index < -0.39 is 12.8 Å². The van der Waals surface area contributed by atoms with Gasteiger partial charge in [-0.3, -0.25) is 9.36 Å². The minimum absolute atomic E-state index is 0.0965. The van der Waals surface area contributed by atoms with E-state index in [0.29, 0.717) is 78.9 Å². The van der Waals surface area contributed by atoms with Crippen LogP contribution in [0.1, 0.15) is 92.2 Å². The third-order valence-electron chi connectivity index (χ3n) is 6.21. The molecule has 0 aromatic carbocycles. The van der Waals surface area contributed by atoms with Gasteiger partial charge in [0, 0.05) is 12.8 Å². The SMILES string of the molecule is CC(C)(C)n1cc(COCCOCCOCCOCCOCCC(=O)CCCCCCCOP(=O)(O)C(C)(C)C)nn1. The van der Waals surface area contributed by atoms with Crippen LogP contribution in [-0.4, -0.2) is 96.9 Å². The van der Waals surface area contributed by atoms with Crippen molar-refractivity contribution in [1.82, 2.24) is 15.0 Å². The Kier molecular flexibility index (Phi) is 19.8. The van der Waals surface area contributed by atoms with Crippen molar-refractivity contribution < 1.29 is 42.5 Å². The molecular formula is C29H56N3O9P. The summed E-state index contributed by atoms with van der Waals surface area (Å²) in [6, 6.07) is 0. The molecule has 1 rings (SSSR count). The van der Waals surface area contributed by atoms with Crippen LogP contribution in [0, 0.1) is 0 Å². The van der Waals surface area contributed by atoms with E-state index in [-0.39, 0.29) is 17.9 Å². The summed E-state index contributed by atoms with van der Waals surface area (Å²) in [5.41, 5.74) is 0.700. The molecule has 1 aromatic heterocycles. The van der Waals surface area contributed by atoms with Crippen molar-refractivity contribution in [2.45, 2.75) is 104 Å². The molecule has 12 nitrogen and oxygen atoms in total. The molecule has 0 aliphatic carbocycles. The van der Waals surface area contributed by atoms with Gasteiger partial charge >= 0.3 is 7.60 Å². The van der Waals surface area contributed by atoms with Crippen molar-refractivity contribution in [1.29, 1.82) is 0 Å². The summed E-state index contributed by atoms with van der Waals surface area (Å²) >= 11 is 0. The Balaban J connectivity index is 1.79. The number of nitrogens with zero attached hydrogens (tertiary/aromatic N) is 3. The van der Waals surface area contributed by atoms with Crippen molar-refractivity contribution in [3.63, 3.8) is 0 Å². The van der Waals surface area contributed by atoms with Gasteiger partial charge in [0.1, 0.15) is 11.5 Å². The Labute approximate surface area is 252 Å². The van der Waals surface area contributed by atoms with Gasteiger partial charge in [-0.25, -0.2) is 4.68 Å². The van der Waals surface area contributed by atoms with Crippen LogP contribution in [0.2, 0.25) is 0 Å². The molecule has 1 aromatic rings. The molecule has 0 amide bonds. The number of rotatable bonds is 26. The first kappa shape index (κ1) is 38.8. The molecule has 1 heterocycles. The normalized spacial score (nSPS) is 13.9. The number of carbonyl (C=O) groups excluding carboxylic acids is 1. The minimum atomic E-state index is -3.57. The van der Waals surface area contributed by atoms with Crippen molar-refractivity contribution >= 4 is 13.4 Å². The quantitative estimate of drug-likeness (QED) is 0.111. The van der Waals surface area contributed by atoms with Gasteiger partial charge in [-0.2, -0.15) is 0 Å². The van der Waals surface area contributed by atoms with Gasteiger partial charge in [-0.1, -0.05) is 24.5 Å². The number of carbonyl (C=O) groups is 1. The lowest BCUT2D eigenvalue weighted by Gasteiger charge is -2.24. The second kappa shape index (κ2) is 21.5. The molecule has 0 aliphatic heterocycles. The van der Waals surface area contributed by atoms with E-state index in [2.05, 4.69) is 31.1 Å². The molecule has 0 saturated heterocycles. The number of aromatic nitrogens is 3. The highest BCUT2D eigenvalue weighted by molar-refractivity contribution is 7.54. The van der Waals surface area contributed by atoms with Gasteiger partial charge in [0.2, 0.25) is 0 Å². The van der Waals surface area contributed by atoms with Crippen molar-refractivity contribution in [3.8, 4) is 0 Å². The first-order chi connectivity index (χ1) is 19.8. The lowest BCUT2D eigenvalue weighted by atomic mass is 10.1. The summed E-state index contributed by atoms with van der Waals surface area (Å²) in [7, 11) is -3.57. The average molecular weight is 622 g/mol. The summed E-state index contributed by atoms with van der Waals surface area (Å²) < 4.78 is 46.5. The molecule has 1 atom stereocenters. The maximum Gasteiger partial charge on any atom is 0.333 e. The van der Waals surface area contributed by atoms with Gasteiger partial charge in [0.05, 0.1) is 89.6 Å². The van der Waals surface area contributed by atoms with E-state index in [9.17, 15) is 14.3 Å². The predicted octanol–water partition coefficient (Wildman–Crippen LogP) is 4.92. The summed E-state index contributed by atoms with van der Waals surface area (Å²) in [6.07, 6.45) is 7.32. The standard InChI is InChI=1S/C29H56N3O9P/c1-28(2,3)32-24-26(30-31-32)25-40-23-22-39-21-20-38-19-18-37-17-16-36-15-13-27(33)12-10-8-7-9-11-14-41-42(34,35)29(4,5)6/h24H,7-23,25H2,1-6H3,(H,34,35). The molecule has 0 aliphatic rings. The fourth-order valence-electron chi connectivity index (χ4n) is 3.40. The Morgan fingerprint density at radius 1 is 0.738 bits per heavy atom. The van der Waals surface area contributed by atoms with Gasteiger partial charge in [0.25, 0.3) is 0 Å². The average Bonchev–Trinajstić information content (AvgIpc) is 3.39. The van der Waals surface area contributed by atoms with Crippen LogP contribution in [0.5, 0.6) is 0 Å². The van der Waals surface area contributed by atoms with E-state index in [1.165, 1.54) is 0 Å². The minimum Gasteiger partial charge on any atom is -0.379 e. The molecule has 42 heavy (non-hydrogen) atoms. The van der Waals surface area contributed by atoms with E-state index in [1.54, 1.807) is 20.8 Å². The largest absolute Gasteiger partial charge is 0.379 e. The third-order valence-corrected chi connectivity index (χ3v) is 8.43. The topological polar surface area (TPSA) is 140 Å². The number of hydrogen-bond acceptors (Lipinski definition) is 10. The highest BCUT2D eigenvalue weighted by Gasteiger charge is 2.35. The first-order valence-corrected chi connectivity index (χ1v) is 16.7. The van der Waals surface area contributed by atoms with Crippen molar-refractivity contribution in [2.75, 3.05) is 66.1 Å². The Hall–Kier alpha value is -1.24. The van der Waals surface area contributed by atoms with Crippen molar-refractivity contribution in [2.24, 2.45) is 0 Å². The van der Waals surface area contributed by atoms with Crippen LogP contribution in [0.25, 0.3) is 0 Å². The second-order valence-corrected chi connectivity index (χ2v) is 14.8. The highest BCUT2D eigenvalue weighted by atomic mass is 31.2. The lowest BCUT2D eigenvalue weighted by molar-refractivity contribution is -0.120. The van der Waals surface area contributed by atoms with Crippen LogP contribution in [0.15, 0.2) is 6.20 Å². The molecule has 246 valence electrons. The zero-order valence-electron chi connectivity index (χ0n) is 26.8. The molecule has 13 heteroatoms. The zero-order valence-corrected chi connectivity index (χ0v) is 27.7. The number of Topliss-reactive ketones (excluding diaryl/α,β-unsaturated/α-hetero) is 1. The number of hydrogen-bond donors (Lipinski definition) is 1. The molecule has 0 spiro atoms. The fourth-order valence-corrected chi connectivity index (χ4v) is 4.16. The van der Waals surface area contributed by atoms with Crippen molar-refractivity contribution in [3.05, 3.63) is 11.9 Å². The fraction of sp³-hybridized carbons (Fsp3) is 0.897. The third kappa shape index (κ3) is 19.1. The second-order valence-electron chi connectivity index (χ2n) is 12.2. The monoisotopic (exact) mass is 621 g/mol. The van der Waals surface area contributed by atoms with Crippen LogP contribution in [0.4, 0.5) is 0 Å². The molecule has 0 radical (unpaired) electrons. The number of ether oxygens (including phenoxy) is 5. The lowest BCUT2D eigenvalue weighted by Crippen LogP contribution is -2.22. The van der Waals surface area contributed by atoms with Crippen LogP contribution >= 0.6 is 7.60 Å². The zero-order chi connectivity index (χ0) is 31.3. The van der Waals surface area contributed by atoms with Gasteiger partial charge in [-0.05, 0) is 54.4 Å². The van der Waals surface area contributed by atoms with E-state index in [4.69, 9.17) is 28.2 Å². The highest BCUT2D eigenvalue weighted by Crippen LogP contribution is 2.54. The van der Waals surface area contributed by atoms with E-state index >= 15 is 0 Å². The Morgan fingerprint density at radius 3 is 1.76 bits per heavy atom. The molecule has 0 bridgehead atoms. The van der Waals surface area contributed by atoms with E-state index in [0.717, 1.165) is 37.8 Å².